The predicted octanol–water partition coefficient (Wildman–Crippen LogP) is 2.19. The fourth-order valence-corrected chi connectivity index (χ4v) is 2.67. The van der Waals surface area contributed by atoms with E-state index >= 15 is 0 Å². The van der Waals surface area contributed by atoms with Crippen molar-refractivity contribution < 1.29 is 4.79 Å². The number of hydrogen-bond acceptors (Lipinski definition) is 2. The van der Waals surface area contributed by atoms with Crippen LogP contribution in [0.3, 0.4) is 0 Å². The van der Waals surface area contributed by atoms with E-state index in [9.17, 15) is 4.79 Å². The highest BCUT2D eigenvalue weighted by Gasteiger charge is 2.30. The molecule has 1 aliphatic heterocycles. The molecule has 1 saturated carbocycles. The van der Waals surface area contributed by atoms with Gasteiger partial charge in [-0.05, 0) is 36.3 Å². The number of hydrogen-bond donors (Lipinski definition) is 2. The Morgan fingerprint density at radius 3 is 2.94 bits per heavy atom. The molecule has 1 aromatic carbocycles. The summed E-state index contributed by atoms with van der Waals surface area (Å²) >= 11 is 0. The zero-order chi connectivity index (χ0) is 12.5. The van der Waals surface area contributed by atoms with Gasteiger partial charge in [-0.25, -0.2) is 0 Å². The minimum absolute atomic E-state index is 0.0891. The number of fused-ring (bicyclic) bond motifs is 1. The molecule has 2 unspecified atom stereocenters. The van der Waals surface area contributed by atoms with Crippen molar-refractivity contribution >= 4 is 11.6 Å². The first-order valence-electron chi connectivity index (χ1n) is 6.86. The maximum atomic E-state index is 12.1. The molecule has 3 heteroatoms. The van der Waals surface area contributed by atoms with Crippen LogP contribution in [0, 0.1) is 11.8 Å². The monoisotopic (exact) mass is 244 g/mol. The van der Waals surface area contributed by atoms with Crippen molar-refractivity contribution in [3.8, 4) is 0 Å². The number of nitrogens with one attached hydrogen (secondary N) is 2. The largest absolute Gasteiger partial charge is 0.373 e. The Bertz CT molecular complexity index is 429. The third kappa shape index (κ3) is 2.35. The van der Waals surface area contributed by atoms with Crippen molar-refractivity contribution in [3.63, 3.8) is 0 Å². The standard InChI is InChI=1S/C15H20N2O/c1-10(11-6-7-11)9-16-15(18)14-8-12-4-2-3-5-13(12)17-14/h2-5,10-11,14,17H,6-9H2,1H3,(H,16,18). The highest BCUT2D eigenvalue weighted by atomic mass is 16.2. The lowest BCUT2D eigenvalue weighted by atomic mass is 10.1. The van der Waals surface area contributed by atoms with Crippen LogP contribution in [0.1, 0.15) is 25.3 Å². The zero-order valence-electron chi connectivity index (χ0n) is 10.8. The fraction of sp³-hybridized carbons (Fsp3) is 0.533. The Hall–Kier alpha value is -1.51. The number of benzene rings is 1. The molecule has 3 rings (SSSR count). The lowest BCUT2D eigenvalue weighted by Gasteiger charge is -2.15. The third-order valence-electron chi connectivity index (χ3n) is 4.11. The number of anilines is 1. The number of para-hydroxylation sites is 1. The predicted molar refractivity (Wildman–Crippen MR) is 72.5 cm³/mol. The third-order valence-corrected chi connectivity index (χ3v) is 4.11. The average molecular weight is 244 g/mol. The van der Waals surface area contributed by atoms with Crippen molar-refractivity contribution in [1.29, 1.82) is 0 Å². The summed E-state index contributed by atoms with van der Waals surface area (Å²) in [6, 6.07) is 8.06. The first-order chi connectivity index (χ1) is 8.74. The van der Waals surface area contributed by atoms with Crippen LogP contribution in [0.15, 0.2) is 24.3 Å². The maximum absolute atomic E-state index is 12.1. The quantitative estimate of drug-likeness (QED) is 0.852. The molecule has 0 spiro atoms. The summed E-state index contributed by atoms with van der Waals surface area (Å²) in [5.74, 6) is 1.61. The average Bonchev–Trinajstić information content (AvgIpc) is 3.14. The van der Waals surface area contributed by atoms with E-state index in [2.05, 4.69) is 23.6 Å². The molecular formula is C15H20N2O. The highest BCUT2D eigenvalue weighted by Crippen LogP contribution is 2.36. The Morgan fingerprint density at radius 1 is 1.44 bits per heavy atom. The summed E-state index contributed by atoms with van der Waals surface area (Å²) in [6.45, 7) is 3.05. The normalized spacial score (nSPS) is 23.1. The molecule has 1 aliphatic carbocycles. The smallest absolute Gasteiger partial charge is 0.242 e. The molecule has 0 bridgehead atoms. The van der Waals surface area contributed by atoms with E-state index in [0.29, 0.717) is 5.92 Å². The summed E-state index contributed by atoms with van der Waals surface area (Å²) in [4.78, 5) is 12.1. The van der Waals surface area contributed by atoms with Gasteiger partial charge in [-0.15, -0.1) is 0 Å². The van der Waals surface area contributed by atoms with Gasteiger partial charge in [0.15, 0.2) is 0 Å². The van der Waals surface area contributed by atoms with Gasteiger partial charge in [-0.1, -0.05) is 25.1 Å². The molecule has 1 heterocycles. The summed E-state index contributed by atoms with van der Waals surface area (Å²) in [7, 11) is 0. The lowest BCUT2D eigenvalue weighted by Crippen LogP contribution is -2.40. The van der Waals surface area contributed by atoms with E-state index in [-0.39, 0.29) is 11.9 Å². The first kappa shape index (κ1) is 11.6. The number of carbonyl (C=O) groups is 1. The van der Waals surface area contributed by atoms with Crippen molar-refractivity contribution in [2.24, 2.45) is 11.8 Å². The Labute approximate surface area is 108 Å². The molecule has 0 aromatic heterocycles. The van der Waals surface area contributed by atoms with Crippen molar-refractivity contribution in [1.82, 2.24) is 5.32 Å². The van der Waals surface area contributed by atoms with E-state index in [1.807, 2.05) is 18.2 Å². The highest BCUT2D eigenvalue weighted by molar-refractivity contribution is 5.87. The van der Waals surface area contributed by atoms with Crippen molar-refractivity contribution in [2.75, 3.05) is 11.9 Å². The molecule has 96 valence electrons. The van der Waals surface area contributed by atoms with Gasteiger partial charge in [0.2, 0.25) is 5.91 Å². The molecule has 3 nitrogen and oxygen atoms in total. The van der Waals surface area contributed by atoms with Crippen LogP contribution in [0.2, 0.25) is 0 Å². The van der Waals surface area contributed by atoms with Gasteiger partial charge in [0.05, 0.1) is 0 Å². The molecule has 2 aliphatic rings. The Kier molecular flexibility index (Phi) is 2.98. The Balaban J connectivity index is 1.52. The second kappa shape index (κ2) is 4.63. The van der Waals surface area contributed by atoms with Crippen LogP contribution in [0.25, 0.3) is 0 Å². The van der Waals surface area contributed by atoms with E-state index in [0.717, 1.165) is 24.6 Å². The van der Waals surface area contributed by atoms with Crippen molar-refractivity contribution in [3.05, 3.63) is 29.8 Å². The molecule has 18 heavy (non-hydrogen) atoms. The van der Waals surface area contributed by atoms with Gasteiger partial charge in [-0.3, -0.25) is 4.79 Å². The molecule has 2 atom stereocenters. The zero-order valence-corrected chi connectivity index (χ0v) is 10.8. The van der Waals surface area contributed by atoms with Crippen LogP contribution >= 0.6 is 0 Å². The number of rotatable bonds is 4. The number of amides is 1. The van der Waals surface area contributed by atoms with E-state index in [4.69, 9.17) is 0 Å². The van der Waals surface area contributed by atoms with Crippen LogP contribution in [0.4, 0.5) is 5.69 Å². The maximum Gasteiger partial charge on any atom is 0.242 e. The van der Waals surface area contributed by atoms with Gasteiger partial charge in [0, 0.05) is 18.7 Å². The topological polar surface area (TPSA) is 41.1 Å². The lowest BCUT2D eigenvalue weighted by molar-refractivity contribution is -0.121. The summed E-state index contributed by atoms with van der Waals surface area (Å²) in [5.41, 5.74) is 2.35. The van der Waals surface area contributed by atoms with E-state index < -0.39 is 0 Å². The van der Waals surface area contributed by atoms with Crippen LogP contribution in [-0.4, -0.2) is 18.5 Å². The molecule has 1 fully saturated rings. The molecule has 2 N–H and O–H groups in total. The van der Waals surface area contributed by atoms with Crippen molar-refractivity contribution in [2.45, 2.75) is 32.2 Å². The second-order valence-corrected chi connectivity index (χ2v) is 5.62. The van der Waals surface area contributed by atoms with Gasteiger partial charge >= 0.3 is 0 Å². The van der Waals surface area contributed by atoms with E-state index in [1.54, 1.807) is 0 Å². The molecule has 1 amide bonds. The minimum Gasteiger partial charge on any atom is -0.373 e. The van der Waals surface area contributed by atoms with Gasteiger partial charge in [0.1, 0.15) is 6.04 Å². The van der Waals surface area contributed by atoms with Gasteiger partial charge < -0.3 is 10.6 Å². The van der Waals surface area contributed by atoms with E-state index in [1.165, 1.54) is 18.4 Å². The molecule has 1 aromatic rings. The van der Waals surface area contributed by atoms with Gasteiger partial charge in [0.25, 0.3) is 0 Å². The summed E-state index contributed by atoms with van der Waals surface area (Å²) < 4.78 is 0. The molecule has 0 radical (unpaired) electrons. The fourth-order valence-electron chi connectivity index (χ4n) is 2.67. The summed E-state index contributed by atoms with van der Waals surface area (Å²) in [6.07, 6.45) is 3.48. The summed E-state index contributed by atoms with van der Waals surface area (Å²) in [5, 5.41) is 6.37. The Morgan fingerprint density at radius 2 is 2.22 bits per heavy atom. The number of carbonyl (C=O) groups excluding carboxylic acids is 1. The van der Waals surface area contributed by atoms with Crippen LogP contribution < -0.4 is 10.6 Å². The van der Waals surface area contributed by atoms with Gasteiger partial charge in [-0.2, -0.15) is 0 Å². The molecule has 0 saturated heterocycles. The SMILES string of the molecule is CC(CNC(=O)C1Cc2ccccc2N1)C1CC1. The molecular weight excluding hydrogens is 224 g/mol. The second-order valence-electron chi connectivity index (χ2n) is 5.62. The van der Waals surface area contributed by atoms with Crippen LogP contribution in [-0.2, 0) is 11.2 Å². The minimum atomic E-state index is -0.0891. The first-order valence-corrected chi connectivity index (χ1v) is 6.86. The van der Waals surface area contributed by atoms with Crippen LogP contribution in [0.5, 0.6) is 0 Å².